The van der Waals surface area contributed by atoms with E-state index in [1.165, 1.54) is 4.90 Å². The van der Waals surface area contributed by atoms with Gasteiger partial charge in [-0.2, -0.15) is 0 Å². The minimum absolute atomic E-state index is 0.139. The Morgan fingerprint density at radius 1 is 0.976 bits per heavy atom. The lowest BCUT2D eigenvalue weighted by Gasteiger charge is -2.42. The van der Waals surface area contributed by atoms with Crippen molar-refractivity contribution in [3.05, 3.63) is 71.3 Å². The van der Waals surface area contributed by atoms with Crippen LogP contribution in [0, 0.1) is 5.41 Å². The van der Waals surface area contributed by atoms with E-state index in [2.05, 4.69) is 5.32 Å². The highest BCUT2D eigenvalue weighted by molar-refractivity contribution is 6.09. The molecule has 41 heavy (non-hydrogen) atoms. The van der Waals surface area contributed by atoms with Gasteiger partial charge in [0.25, 0.3) is 11.8 Å². The van der Waals surface area contributed by atoms with Crippen molar-refractivity contribution >= 4 is 35.7 Å². The Bertz CT molecular complexity index is 1360. The van der Waals surface area contributed by atoms with Crippen LogP contribution in [-0.2, 0) is 20.9 Å². The molecule has 216 valence electrons. The summed E-state index contributed by atoms with van der Waals surface area (Å²) in [5, 5.41) is 19.8. The van der Waals surface area contributed by atoms with E-state index in [9.17, 15) is 29.1 Å². The summed E-state index contributed by atoms with van der Waals surface area (Å²) in [6.07, 6.45) is -0.433. The van der Waals surface area contributed by atoms with Crippen LogP contribution in [0.15, 0.2) is 54.6 Å². The lowest BCUT2D eigenvalue weighted by atomic mass is 9.85. The number of hydrogen-bond acceptors (Lipinski definition) is 7. The Hall–Kier alpha value is -4.74. The van der Waals surface area contributed by atoms with Crippen LogP contribution in [0.1, 0.15) is 55.1 Å². The number of amides is 5. The van der Waals surface area contributed by atoms with Gasteiger partial charge in [-0.05, 0) is 51.3 Å². The first-order valence-electron chi connectivity index (χ1n) is 13.2. The number of carbonyl (C=O) groups excluding carboxylic acids is 4. The van der Waals surface area contributed by atoms with Crippen molar-refractivity contribution in [2.24, 2.45) is 0 Å². The van der Waals surface area contributed by atoms with E-state index in [1.807, 2.05) is 30.3 Å². The topological polar surface area (TPSA) is 160 Å². The normalized spacial score (nSPS) is 16.6. The summed E-state index contributed by atoms with van der Waals surface area (Å²) in [6, 6.07) is 14.7. The van der Waals surface area contributed by atoms with Gasteiger partial charge in [0.15, 0.2) is 0 Å². The van der Waals surface area contributed by atoms with Crippen molar-refractivity contribution in [1.82, 2.24) is 20.0 Å². The van der Waals surface area contributed by atoms with Crippen LogP contribution in [0.2, 0.25) is 0 Å². The van der Waals surface area contributed by atoms with Crippen LogP contribution in [0.5, 0.6) is 0 Å². The minimum atomic E-state index is -1.28. The van der Waals surface area contributed by atoms with Crippen LogP contribution in [0.3, 0.4) is 0 Å². The number of ether oxygens (including phenoxy) is 1. The van der Waals surface area contributed by atoms with Crippen LogP contribution in [-0.4, -0.2) is 86.3 Å². The van der Waals surface area contributed by atoms with Crippen molar-refractivity contribution in [3.8, 4) is 0 Å². The Morgan fingerprint density at radius 3 is 2.12 bits per heavy atom. The van der Waals surface area contributed by atoms with Gasteiger partial charge in [-0.1, -0.05) is 42.5 Å². The average molecular weight is 564 g/mol. The summed E-state index contributed by atoms with van der Waals surface area (Å²) >= 11 is 0. The third kappa shape index (κ3) is 6.37. The summed E-state index contributed by atoms with van der Waals surface area (Å²) in [6.45, 7) is 4.92. The molecule has 0 radical (unpaired) electrons. The Balaban J connectivity index is 1.45. The number of carboxylic acids is 1. The third-order valence-corrected chi connectivity index (χ3v) is 7.02. The van der Waals surface area contributed by atoms with Gasteiger partial charge in [0.1, 0.15) is 23.5 Å². The second kappa shape index (κ2) is 11.4. The molecule has 12 heteroatoms. The molecule has 2 heterocycles. The van der Waals surface area contributed by atoms with E-state index in [0.717, 1.165) is 10.5 Å². The van der Waals surface area contributed by atoms with Gasteiger partial charge in [0, 0.05) is 30.8 Å². The molecular formula is C29H33N5O7. The molecule has 2 aromatic carbocycles. The standard InChI is InChI=1S/C29H33N5O7/c1-28(2,3)41-26(39)31-23(30)20-9-11-21(12-10-20)24(37)32-15-13-29(14-16-32)25(38)33(18-22(35)36)27(40)34(29)17-19-7-5-4-6-8-19/h4-12H,13-18H2,1-3H3,(H,35,36)(H2,30,31,39). The number of imide groups is 1. The summed E-state index contributed by atoms with van der Waals surface area (Å²) in [5.74, 6) is -2.30. The zero-order valence-corrected chi connectivity index (χ0v) is 23.2. The third-order valence-electron chi connectivity index (χ3n) is 7.02. The average Bonchev–Trinajstić information content (AvgIpc) is 3.09. The predicted octanol–water partition coefficient (Wildman–Crippen LogP) is 3.06. The molecule has 2 fully saturated rings. The molecule has 2 saturated heterocycles. The fourth-order valence-electron chi connectivity index (χ4n) is 5.05. The van der Waals surface area contributed by atoms with E-state index in [4.69, 9.17) is 10.1 Å². The number of carbonyl (C=O) groups is 5. The van der Waals surface area contributed by atoms with E-state index < -0.39 is 41.7 Å². The second-order valence-corrected chi connectivity index (χ2v) is 11.0. The first kappa shape index (κ1) is 29.2. The Morgan fingerprint density at radius 2 is 1.56 bits per heavy atom. The largest absolute Gasteiger partial charge is 0.480 e. The van der Waals surface area contributed by atoms with Crippen molar-refractivity contribution in [2.45, 2.75) is 51.3 Å². The molecule has 0 saturated carbocycles. The molecule has 0 aliphatic carbocycles. The minimum Gasteiger partial charge on any atom is -0.480 e. The van der Waals surface area contributed by atoms with Gasteiger partial charge >= 0.3 is 18.1 Å². The van der Waals surface area contributed by atoms with Crippen molar-refractivity contribution < 1.29 is 33.8 Å². The van der Waals surface area contributed by atoms with Crippen molar-refractivity contribution in [2.75, 3.05) is 19.6 Å². The maximum atomic E-state index is 13.5. The highest BCUT2D eigenvalue weighted by atomic mass is 16.6. The van der Waals surface area contributed by atoms with Gasteiger partial charge in [-0.25, -0.2) is 9.59 Å². The number of rotatable bonds is 6. The Kier molecular flexibility index (Phi) is 8.13. The molecule has 2 aliphatic heterocycles. The fraction of sp³-hybridized carbons (Fsp3) is 0.379. The highest BCUT2D eigenvalue weighted by Crippen LogP contribution is 2.38. The van der Waals surface area contributed by atoms with Crippen LogP contribution in [0.25, 0.3) is 0 Å². The number of urea groups is 1. The molecule has 4 rings (SSSR count). The van der Waals surface area contributed by atoms with Gasteiger partial charge in [-0.3, -0.25) is 30.0 Å². The number of nitrogens with one attached hydrogen (secondary N) is 2. The molecule has 1 spiro atoms. The smallest absolute Gasteiger partial charge is 0.413 e. The lowest BCUT2D eigenvalue weighted by molar-refractivity contribution is -0.144. The number of alkyl carbamates (subject to hydrolysis) is 1. The first-order valence-corrected chi connectivity index (χ1v) is 13.2. The molecule has 0 atom stereocenters. The van der Waals surface area contributed by atoms with Crippen LogP contribution in [0.4, 0.5) is 9.59 Å². The molecule has 5 amide bonds. The van der Waals surface area contributed by atoms with Crippen molar-refractivity contribution in [1.29, 1.82) is 5.41 Å². The number of hydrogen-bond donors (Lipinski definition) is 3. The SMILES string of the molecule is CC(C)(C)OC(=O)NC(=N)c1ccc(C(=O)N2CCC3(CC2)C(=O)N(CC(=O)O)C(=O)N3Cc2ccccc2)cc1. The maximum Gasteiger partial charge on any atom is 0.413 e. The number of benzene rings is 2. The number of aliphatic carboxylic acids is 1. The molecule has 2 aromatic rings. The van der Waals surface area contributed by atoms with Gasteiger partial charge in [0.2, 0.25) is 0 Å². The molecule has 3 N–H and O–H groups in total. The molecule has 0 aromatic heterocycles. The number of likely N-dealkylation sites (tertiary alicyclic amines) is 1. The first-order chi connectivity index (χ1) is 19.3. The van der Waals surface area contributed by atoms with E-state index in [0.29, 0.717) is 11.1 Å². The highest BCUT2D eigenvalue weighted by Gasteiger charge is 2.58. The molecule has 2 aliphatic rings. The monoisotopic (exact) mass is 563 g/mol. The van der Waals surface area contributed by atoms with Gasteiger partial charge in [0.05, 0.1) is 0 Å². The summed E-state index contributed by atoms with van der Waals surface area (Å²) < 4.78 is 5.16. The maximum absolute atomic E-state index is 13.5. The zero-order chi connectivity index (χ0) is 29.9. The number of nitrogens with zero attached hydrogens (tertiary/aromatic N) is 3. The summed E-state index contributed by atoms with van der Waals surface area (Å²) in [7, 11) is 0. The molecule has 0 unspecified atom stereocenters. The van der Waals surface area contributed by atoms with Crippen LogP contribution < -0.4 is 5.32 Å². The fourth-order valence-corrected chi connectivity index (χ4v) is 5.05. The Labute approximate surface area is 237 Å². The van der Waals surface area contributed by atoms with Gasteiger partial charge < -0.3 is 19.6 Å². The van der Waals surface area contributed by atoms with Gasteiger partial charge in [-0.15, -0.1) is 0 Å². The number of carboxylic acid groups (broad SMARTS) is 1. The quantitative estimate of drug-likeness (QED) is 0.277. The predicted molar refractivity (Wildman–Crippen MR) is 147 cm³/mol. The lowest BCUT2D eigenvalue weighted by Crippen LogP contribution is -2.57. The molecule has 12 nitrogen and oxygen atoms in total. The summed E-state index contributed by atoms with van der Waals surface area (Å²) in [4.78, 5) is 67.1. The van der Waals surface area contributed by atoms with E-state index >= 15 is 0 Å². The molecule has 0 bridgehead atoms. The molecular weight excluding hydrogens is 530 g/mol. The summed E-state index contributed by atoms with van der Waals surface area (Å²) in [5.41, 5.74) is -0.411. The van der Waals surface area contributed by atoms with E-state index in [-0.39, 0.29) is 44.2 Å². The van der Waals surface area contributed by atoms with Crippen molar-refractivity contribution in [3.63, 3.8) is 0 Å². The second-order valence-electron chi connectivity index (χ2n) is 11.0. The van der Waals surface area contributed by atoms with E-state index in [1.54, 1.807) is 49.9 Å². The number of amidine groups is 1. The zero-order valence-electron chi connectivity index (χ0n) is 23.2. The van der Waals surface area contributed by atoms with Crippen LogP contribution >= 0.6 is 0 Å². The number of piperidine rings is 1.